The van der Waals surface area contributed by atoms with Gasteiger partial charge in [0.1, 0.15) is 5.75 Å². The molecule has 5 aromatic rings. The van der Waals surface area contributed by atoms with E-state index in [0.717, 1.165) is 27.1 Å². The third kappa shape index (κ3) is 4.11. The molecular weight excluding hydrogens is 446 g/mol. The molecule has 0 aliphatic heterocycles. The highest BCUT2D eigenvalue weighted by Gasteiger charge is 2.20. The van der Waals surface area contributed by atoms with E-state index in [1.165, 1.54) is 11.8 Å². The Morgan fingerprint density at radius 2 is 1.68 bits per heavy atom. The second kappa shape index (κ2) is 8.99. The maximum absolute atomic E-state index is 13.3. The molecule has 7 nitrogen and oxygen atoms in total. The van der Waals surface area contributed by atoms with Gasteiger partial charge in [-0.05, 0) is 76.8 Å². The summed E-state index contributed by atoms with van der Waals surface area (Å²) in [5.74, 6) is -0.452. The molecule has 1 amide bonds. The minimum Gasteiger partial charge on any atom is -0.506 e. The molecule has 8 heteroatoms. The van der Waals surface area contributed by atoms with E-state index in [4.69, 9.17) is 0 Å². The van der Waals surface area contributed by atoms with Crippen LogP contribution >= 0.6 is 11.8 Å². The number of rotatable bonds is 5. The lowest BCUT2D eigenvalue weighted by Crippen LogP contribution is -2.13. The van der Waals surface area contributed by atoms with Gasteiger partial charge in [-0.25, -0.2) is 0 Å². The molecule has 0 aliphatic rings. The number of aryl methyl sites for hydroxylation is 2. The Bertz CT molecular complexity index is 1510. The van der Waals surface area contributed by atoms with Crippen LogP contribution in [0.2, 0.25) is 0 Å². The summed E-state index contributed by atoms with van der Waals surface area (Å²) in [6.45, 7) is 3.90. The van der Waals surface area contributed by atoms with Crippen LogP contribution in [0, 0.1) is 13.8 Å². The van der Waals surface area contributed by atoms with Gasteiger partial charge in [-0.3, -0.25) is 4.79 Å². The number of aromatic nitrogens is 4. The SMILES string of the molecule is Cc1ccc(C)c(NC(=O)c2cc(Sc3nnnn3-c3ccccc3)c3ccccc3c2O)c1. The molecule has 0 saturated heterocycles. The maximum atomic E-state index is 13.3. The Morgan fingerprint density at radius 3 is 2.47 bits per heavy atom. The first kappa shape index (κ1) is 21.7. The number of carbonyl (C=O) groups excluding carboxylic acids is 1. The Hall–Kier alpha value is -4.17. The van der Waals surface area contributed by atoms with Crippen LogP contribution in [0.4, 0.5) is 5.69 Å². The molecule has 5 rings (SSSR count). The Morgan fingerprint density at radius 1 is 0.941 bits per heavy atom. The van der Waals surface area contributed by atoms with Crippen molar-refractivity contribution in [1.29, 1.82) is 0 Å². The zero-order valence-electron chi connectivity index (χ0n) is 18.6. The molecule has 0 fully saturated rings. The van der Waals surface area contributed by atoms with Gasteiger partial charge in [0.25, 0.3) is 5.91 Å². The Kier molecular flexibility index (Phi) is 5.73. The van der Waals surface area contributed by atoms with E-state index in [0.29, 0.717) is 16.2 Å². The number of phenols is 1. The normalized spacial score (nSPS) is 11.0. The van der Waals surface area contributed by atoms with Crippen LogP contribution in [0.1, 0.15) is 21.5 Å². The fourth-order valence-corrected chi connectivity index (χ4v) is 4.68. The summed E-state index contributed by atoms with van der Waals surface area (Å²) < 4.78 is 1.64. The van der Waals surface area contributed by atoms with Crippen LogP contribution in [-0.4, -0.2) is 31.2 Å². The molecule has 4 aromatic carbocycles. The minimum atomic E-state index is -0.388. The highest BCUT2D eigenvalue weighted by molar-refractivity contribution is 7.99. The van der Waals surface area contributed by atoms with Gasteiger partial charge in [0.2, 0.25) is 5.16 Å². The number of hydrogen-bond donors (Lipinski definition) is 2. The largest absolute Gasteiger partial charge is 0.506 e. The molecule has 168 valence electrons. The molecular formula is C26H21N5O2S. The standard InChI is InChI=1S/C26H21N5O2S/c1-16-12-13-17(2)22(14-16)27-25(33)21-15-23(19-10-6-7-11-20(19)24(21)32)34-26-28-29-30-31(26)18-8-4-3-5-9-18/h3-15,32H,1-2H3,(H,27,33). The number of tetrazole rings is 1. The lowest BCUT2D eigenvalue weighted by Gasteiger charge is -2.14. The van der Waals surface area contributed by atoms with Gasteiger partial charge in [-0.15, -0.1) is 5.10 Å². The van der Waals surface area contributed by atoms with Crippen LogP contribution in [0.25, 0.3) is 16.5 Å². The first-order valence-corrected chi connectivity index (χ1v) is 11.5. The number of amides is 1. The summed E-state index contributed by atoms with van der Waals surface area (Å²) in [5, 5.41) is 28.0. The van der Waals surface area contributed by atoms with Crippen LogP contribution in [-0.2, 0) is 0 Å². The van der Waals surface area contributed by atoms with Crippen LogP contribution in [0.3, 0.4) is 0 Å². The molecule has 0 atom stereocenters. The summed E-state index contributed by atoms with van der Waals surface area (Å²) in [6, 6.07) is 24.5. The highest BCUT2D eigenvalue weighted by atomic mass is 32.2. The van der Waals surface area contributed by atoms with E-state index >= 15 is 0 Å². The lowest BCUT2D eigenvalue weighted by molar-refractivity contribution is 0.102. The predicted octanol–water partition coefficient (Wildman–Crippen LogP) is 5.54. The molecule has 1 heterocycles. The quantitative estimate of drug-likeness (QED) is 0.352. The van der Waals surface area contributed by atoms with Crippen LogP contribution in [0.5, 0.6) is 5.75 Å². The van der Waals surface area contributed by atoms with E-state index in [9.17, 15) is 9.90 Å². The average molecular weight is 468 g/mol. The molecule has 34 heavy (non-hydrogen) atoms. The molecule has 0 spiro atoms. The fraction of sp³-hybridized carbons (Fsp3) is 0.0769. The minimum absolute atomic E-state index is 0.0644. The summed E-state index contributed by atoms with van der Waals surface area (Å²) in [7, 11) is 0. The number of aromatic hydroxyl groups is 1. The monoisotopic (exact) mass is 467 g/mol. The van der Waals surface area contributed by atoms with Gasteiger partial charge >= 0.3 is 0 Å². The van der Waals surface area contributed by atoms with Crippen LogP contribution in [0.15, 0.2) is 88.9 Å². The van der Waals surface area contributed by atoms with Crippen molar-refractivity contribution in [2.45, 2.75) is 23.9 Å². The zero-order chi connectivity index (χ0) is 23.7. The molecule has 2 N–H and O–H groups in total. The van der Waals surface area contributed by atoms with Gasteiger partial charge in [0, 0.05) is 16.0 Å². The first-order chi connectivity index (χ1) is 16.5. The van der Waals surface area contributed by atoms with E-state index in [-0.39, 0.29) is 17.2 Å². The van der Waals surface area contributed by atoms with Crippen molar-refractivity contribution in [1.82, 2.24) is 20.2 Å². The predicted molar refractivity (Wildman–Crippen MR) is 133 cm³/mol. The molecule has 1 aromatic heterocycles. The van der Waals surface area contributed by atoms with Crippen molar-refractivity contribution in [3.05, 3.63) is 95.6 Å². The molecule has 0 aliphatic carbocycles. The highest BCUT2D eigenvalue weighted by Crippen LogP contribution is 2.39. The number of nitrogens with zero attached hydrogens (tertiary/aromatic N) is 4. The number of fused-ring (bicyclic) bond motifs is 1. The number of para-hydroxylation sites is 1. The van der Waals surface area contributed by atoms with E-state index in [2.05, 4.69) is 20.8 Å². The fourth-order valence-electron chi connectivity index (χ4n) is 3.72. The van der Waals surface area contributed by atoms with Gasteiger partial charge in [0.05, 0.1) is 11.3 Å². The number of phenolic OH excluding ortho intramolecular Hbond substituents is 1. The van der Waals surface area contributed by atoms with Gasteiger partial charge in [-0.1, -0.05) is 54.6 Å². The maximum Gasteiger partial charge on any atom is 0.259 e. The number of carbonyl (C=O) groups is 1. The Labute approximate surface area is 200 Å². The molecule has 0 saturated carbocycles. The van der Waals surface area contributed by atoms with Crippen molar-refractivity contribution >= 4 is 34.1 Å². The lowest BCUT2D eigenvalue weighted by atomic mass is 10.0. The number of nitrogens with one attached hydrogen (secondary N) is 1. The second-order valence-corrected chi connectivity index (χ2v) is 8.91. The first-order valence-electron chi connectivity index (χ1n) is 10.7. The second-order valence-electron chi connectivity index (χ2n) is 7.90. The third-order valence-electron chi connectivity index (χ3n) is 5.51. The number of benzene rings is 4. The number of anilines is 1. The number of hydrogen-bond acceptors (Lipinski definition) is 6. The van der Waals surface area contributed by atoms with Gasteiger partial charge in [-0.2, -0.15) is 4.68 Å². The smallest absolute Gasteiger partial charge is 0.259 e. The molecule has 0 unspecified atom stereocenters. The summed E-state index contributed by atoms with van der Waals surface area (Å²) >= 11 is 1.33. The Balaban J connectivity index is 1.57. The van der Waals surface area contributed by atoms with Crippen LogP contribution < -0.4 is 5.32 Å². The topological polar surface area (TPSA) is 92.9 Å². The van der Waals surface area contributed by atoms with Crippen molar-refractivity contribution in [2.75, 3.05) is 5.32 Å². The van der Waals surface area contributed by atoms with Gasteiger partial charge in [0.15, 0.2) is 0 Å². The third-order valence-corrected chi connectivity index (χ3v) is 6.50. The van der Waals surface area contributed by atoms with Crippen molar-refractivity contribution in [3.8, 4) is 11.4 Å². The van der Waals surface area contributed by atoms with E-state index in [1.807, 2.05) is 80.6 Å². The van der Waals surface area contributed by atoms with E-state index in [1.54, 1.807) is 16.8 Å². The van der Waals surface area contributed by atoms with E-state index < -0.39 is 0 Å². The van der Waals surface area contributed by atoms with Gasteiger partial charge < -0.3 is 10.4 Å². The van der Waals surface area contributed by atoms with Crippen molar-refractivity contribution < 1.29 is 9.90 Å². The average Bonchev–Trinajstić information content (AvgIpc) is 3.32. The zero-order valence-corrected chi connectivity index (χ0v) is 19.4. The molecule has 0 bridgehead atoms. The summed E-state index contributed by atoms with van der Waals surface area (Å²) in [4.78, 5) is 14.0. The summed E-state index contributed by atoms with van der Waals surface area (Å²) in [5.41, 5.74) is 3.69. The van der Waals surface area contributed by atoms with Crippen molar-refractivity contribution in [2.24, 2.45) is 0 Å². The summed E-state index contributed by atoms with van der Waals surface area (Å²) in [6.07, 6.45) is 0. The molecule has 0 radical (unpaired) electrons. The van der Waals surface area contributed by atoms with Crippen molar-refractivity contribution in [3.63, 3.8) is 0 Å².